The summed E-state index contributed by atoms with van der Waals surface area (Å²) in [6, 6.07) is 2.40. The van der Waals surface area contributed by atoms with Crippen molar-refractivity contribution in [2.75, 3.05) is 11.9 Å². The second-order valence-electron chi connectivity index (χ2n) is 6.77. The highest BCUT2D eigenvalue weighted by Gasteiger charge is 2.26. The number of nitrogens with zero attached hydrogens (tertiary/aromatic N) is 4. The fraction of sp³-hybridized carbons (Fsp3) is 0.444. The molecule has 1 saturated carbocycles. The molecule has 6 nitrogen and oxygen atoms in total. The lowest BCUT2D eigenvalue weighted by atomic mass is 9.93. The molecule has 124 valence electrons. The minimum Gasteiger partial charge on any atom is -0.296 e. The van der Waals surface area contributed by atoms with Crippen molar-refractivity contribution in [2.24, 2.45) is 4.99 Å². The van der Waals surface area contributed by atoms with Gasteiger partial charge in [0, 0.05) is 18.0 Å². The molecule has 0 bridgehead atoms. The Labute approximate surface area is 140 Å². The lowest BCUT2D eigenvalue weighted by Crippen LogP contribution is -2.23. The van der Waals surface area contributed by atoms with E-state index in [1.54, 1.807) is 0 Å². The molecule has 2 aliphatic rings. The molecule has 1 fully saturated rings. The molecule has 2 aromatic rings. The third-order valence-electron chi connectivity index (χ3n) is 4.64. The molecule has 0 spiro atoms. The predicted octanol–water partition coefficient (Wildman–Crippen LogP) is 3.19. The number of pyridine rings is 1. The molecule has 2 aromatic heterocycles. The van der Waals surface area contributed by atoms with Crippen LogP contribution >= 0.6 is 0 Å². The van der Waals surface area contributed by atoms with Gasteiger partial charge in [-0.2, -0.15) is 0 Å². The molecule has 1 N–H and O–H groups in total. The maximum absolute atomic E-state index is 12.4. The second kappa shape index (κ2) is 5.85. The van der Waals surface area contributed by atoms with E-state index in [9.17, 15) is 4.79 Å². The predicted molar refractivity (Wildman–Crippen MR) is 94.5 cm³/mol. The van der Waals surface area contributed by atoms with Gasteiger partial charge in [-0.3, -0.25) is 19.7 Å². The molecule has 6 heteroatoms. The first kappa shape index (κ1) is 15.1. The van der Waals surface area contributed by atoms with Crippen LogP contribution in [0.2, 0.25) is 0 Å². The summed E-state index contributed by atoms with van der Waals surface area (Å²) in [7, 11) is 0. The first-order valence-corrected chi connectivity index (χ1v) is 8.45. The smallest absolute Gasteiger partial charge is 0.232 e. The SMILES string of the molecule is CC1=CC(CC(=O)Nc2nc3cc(C)cnc3n2C2CCC2)=NC1. The first-order chi connectivity index (χ1) is 11.6. The lowest BCUT2D eigenvalue weighted by molar-refractivity contribution is -0.115. The number of amides is 1. The zero-order chi connectivity index (χ0) is 16.7. The van der Waals surface area contributed by atoms with E-state index in [1.807, 2.05) is 32.2 Å². The van der Waals surface area contributed by atoms with Crippen molar-refractivity contribution in [3.63, 3.8) is 0 Å². The molecule has 0 unspecified atom stereocenters. The molecule has 3 heterocycles. The minimum absolute atomic E-state index is 0.0766. The number of carbonyl (C=O) groups excluding carboxylic acids is 1. The van der Waals surface area contributed by atoms with Crippen LogP contribution in [-0.2, 0) is 4.79 Å². The van der Waals surface area contributed by atoms with Gasteiger partial charge in [0.1, 0.15) is 5.52 Å². The number of hydrogen-bond donors (Lipinski definition) is 1. The zero-order valence-electron chi connectivity index (χ0n) is 14.0. The van der Waals surface area contributed by atoms with Crippen molar-refractivity contribution in [2.45, 2.75) is 45.6 Å². The Kier molecular flexibility index (Phi) is 3.67. The van der Waals surface area contributed by atoms with E-state index in [2.05, 4.69) is 24.8 Å². The van der Waals surface area contributed by atoms with E-state index in [-0.39, 0.29) is 12.3 Å². The summed E-state index contributed by atoms with van der Waals surface area (Å²) in [5.74, 6) is 0.532. The highest BCUT2D eigenvalue weighted by atomic mass is 16.1. The van der Waals surface area contributed by atoms with Crippen molar-refractivity contribution in [3.8, 4) is 0 Å². The molecule has 1 aliphatic carbocycles. The third-order valence-corrected chi connectivity index (χ3v) is 4.64. The number of nitrogens with one attached hydrogen (secondary N) is 1. The number of rotatable bonds is 4. The molecule has 0 saturated heterocycles. The van der Waals surface area contributed by atoms with E-state index in [0.29, 0.717) is 18.5 Å². The molecule has 0 radical (unpaired) electrons. The van der Waals surface area contributed by atoms with Crippen LogP contribution in [0.15, 0.2) is 28.9 Å². The largest absolute Gasteiger partial charge is 0.296 e. The van der Waals surface area contributed by atoms with Crippen LogP contribution in [0.5, 0.6) is 0 Å². The summed E-state index contributed by atoms with van der Waals surface area (Å²) in [6.07, 6.45) is 7.56. The molecule has 1 aliphatic heterocycles. The third kappa shape index (κ3) is 2.72. The van der Waals surface area contributed by atoms with E-state index >= 15 is 0 Å². The van der Waals surface area contributed by atoms with Gasteiger partial charge in [-0.25, -0.2) is 9.97 Å². The van der Waals surface area contributed by atoms with Crippen molar-refractivity contribution in [3.05, 3.63) is 29.5 Å². The average Bonchev–Trinajstić information content (AvgIpc) is 3.01. The number of aliphatic imine (C=N–C) groups is 1. The van der Waals surface area contributed by atoms with Crippen LogP contribution in [0.4, 0.5) is 5.95 Å². The number of aryl methyl sites for hydroxylation is 1. The summed E-state index contributed by atoms with van der Waals surface area (Å²) in [6.45, 7) is 4.73. The van der Waals surface area contributed by atoms with Crippen molar-refractivity contribution < 1.29 is 4.79 Å². The Morgan fingerprint density at radius 3 is 2.88 bits per heavy atom. The van der Waals surface area contributed by atoms with Gasteiger partial charge in [-0.1, -0.05) is 5.57 Å². The van der Waals surface area contributed by atoms with Gasteiger partial charge in [0.15, 0.2) is 5.65 Å². The van der Waals surface area contributed by atoms with E-state index < -0.39 is 0 Å². The van der Waals surface area contributed by atoms with E-state index in [0.717, 1.165) is 35.3 Å². The van der Waals surface area contributed by atoms with E-state index in [4.69, 9.17) is 0 Å². The number of hydrogen-bond acceptors (Lipinski definition) is 4. The Morgan fingerprint density at radius 1 is 1.38 bits per heavy atom. The Morgan fingerprint density at radius 2 is 2.21 bits per heavy atom. The van der Waals surface area contributed by atoms with Gasteiger partial charge in [-0.15, -0.1) is 0 Å². The number of carbonyl (C=O) groups is 1. The summed E-state index contributed by atoms with van der Waals surface area (Å²) < 4.78 is 2.09. The molecule has 0 aromatic carbocycles. The van der Waals surface area contributed by atoms with Gasteiger partial charge in [0.2, 0.25) is 11.9 Å². The molecule has 0 atom stereocenters. The number of anilines is 1. The molecular weight excluding hydrogens is 302 g/mol. The van der Waals surface area contributed by atoms with E-state index in [1.165, 1.54) is 12.0 Å². The van der Waals surface area contributed by atoms with Crippen LogP contribution in [-0.4, -0.2) is 32.7 Å². The minimum atomic E-state index is -0.0766. The molecule has 1 amide bonds. The monoisotopic (exact) mass is 323 g/mol. The number of imidazole rings is 1. The van der Waals surface area contributed by atoms with Crippen molar-refractivity contribution >= 4 is 28.7 Å². The van der Waals surface area contributed by atoms with Gasteiger partial charge in [0.05, 0.1) is 13.0 Å². The fourth-order valence-electron chi connectivity index (χ4n) is 3.20. The van der Waals surface area contributed by atoms with Gasteiger partial charge < -0.3 is 0 Å². The highest BCUT2D eigenvalue weighted by Crippen LogP contribution is 2.36. The lowest BCUT2D eigenvalue weighted by Gasteiger charge is -2.28. The first-order valence-electron chi connectivity index (χ1n) is 8.45. The maximum Gasteiger partial charge on any atom is 0.232 e. The molecule has 24 heavy (non-hydrogen) atoms. The zero-order valence-corrected chi connectivity index (χ0v) is 14.0. The quantitative estimate of drug-likeness (QED) is 0.939. The fourth-order valence-corrected chi connectivity index (χ4v) is 3.20. The van der Waals surface area contributed by atoms with Crippen molar-refractivity contribution in [1.82, 2.24) is 14.5 Å². The topological polar surface area (TPSA) is 72.2 Å². The summed E-state index contributed by atoms with van der Waals surface area (Å²) in [5.41, 5.74) is 4.80. The Bertz CT molecular complexity index is 873. The summed E-state index contributed by atoms with van der Waals surface area (Å²) >= 11 is 0. The second-order valence-corrected chi connectivity index (χ2v) is 6.77. The summed E-state index contributed by atoms with van der Waals surface area (Å²) in [5, 5.41) is 2.97. The highest BCUT2D eigenvalue weighted by molar-refractivity contribution is 6.11. The van der Waals surface area contributed by atoms with Crippen LogP contribution in [0.25, 0.3) is 11.2 Å². The van der Waals surface area contributed by atoms with Gasteiger partial charge in [-0.05, 0) is 50.8 Å². The summed E-state index contributed by atoms with van der Waals surface area (Å²) in [4.78, 5) is 25.9. The van der Waals surface area contributed by atoms with Crippen LogP contribution < -0.4 is 5.32 Å². The van der Waals surface area contributed by atoms with Crippen LogP contribution in [0, 0.1) is 6.92 Å². The Hall–Kier alpha value is -2.50. The van der Waals surface area contributed by atoms with Crippen molar-refractivity contribution in [1.29, 1.82) is 0 Å². The molecular formula is C18H21N5O. The number of fused-ring (bicyclic) bond motifs is 1. The standard InChI is InChI=1S/C18H21N5O/c1-11-6-13(19-9-11)8-16(24)22-18-21-15-7-12(2)10-20-17(15)23(18)14-4-3-5-14/h6-7,10,14H,3-5,8-9H2,1-2H3,(H,21,22,24). The Balaban J connectivity index is 1.62. The average molecular weight is 323 g/mol. The van der Waals surface area contributed by atoms with Gasteiger partial charge >= 0.3 is 0 Å². The van der Waals surface area contributed by atoms with Crippen LogP contribution in [0.1, 0.15) is 44.2 Å². The maximum atomic E-state index is 12.4. The van der Waals surface area contributed by atoms with Crippen LogP contribution in [0.3, 0.4) is 0 Å². The van der Waals surface area contributed by atoms with Gasteiger partial charge in [0.25, 0.3) is 0 Å². The molecule has 4 rings (SSSR count). The normalized spacial score (nSPS) is 17.6. The number of allylic oxidation sites excluding steroid dienone is 1. The number of aromatic nitrogens is 3.